The van der Waals surface area contributed by atoms with Crippen LogP contribution in [0.15, 0.2) is 35.7 Å². The highest BCUT2D eigenvalue weighted by atomic mass is 32.1. The third-order valence-corrected chi connectivity index (χ3v) is 4.59. The van der Waals surface area contributed by atoms with Gasteiger partial charge in [-0.1, -0.05) is 6.07 Å². The third kappa shape index (κ3) is 2.70. The van der Waals surface area contributed by atoms with E-state index in [9.17, 15) is 0 Å². The second-order valence-electron chi connectivity index (χ2n) is 5.35. The molecule has 0 bridgehead atoms. The van der Waals surface area contributed by atoms with E-state index in [2.05, 4.69) is 34.5 Å². The van der Waals surface area contributed by atoms with Crippen molar-refractivity contribution < 1.29 is 0 Å². The molecule has 0 unspecified atom stereocenters. The van der Waals surface area contributed by atoms with Crippen molar-refractivity contribution in [3.8, 4) is 0 Å². The van der Waals surface area contributed by atoms with Gasteiger partial charge >= 0.3 is 0 Å². The maximum absolute atomic E-state index is 7.58. The predicted octanol–water partition coefficient (Wildman–Crippen LogP) is 3.51. The summed E-state index contributed by atoms with van der Waals surface area (Å²) in [5.41, 5.74) is 8.74. The summed E-state index contributed by atoms with van der Waals surface area (Å²) >= 11 is 1.81. The zero-order chi connectivity index (χ0) is 14.1. The number of nitrogen functional groups attached to an aromatic ring is 1. The smallest absolute Gasteiger partial charge is 0.123 e. The predicted molar refractivity (Wildman–Crippen MR) is 85.7 cm³/mol. The number of aryl methyl sites for hydroxylation is 1. The largest absolute Gasteiger partial charge is 0.384 e. The number of hydrogen-bond acceptors (Lipinski definition) is 3. The lowest BCUT2D eigenvalue weighted by Gasteiger charge is -2.25. The van der Waals surface area contributed by atoms with Gasteiger partial charge in [-0.25, -0.2) is 0 Å². The van der Waals surface area contributed by atoms with Crippen molar-refractivity contribution in [2.24, 2.45) is 5.73 Å². The van der Waals surface area contributed by atoms with E-state index in [4.69, 9.17) is 11.1 Å². The summed E-state index contributed by atoms with van der Waals surface area (Å²) in [6.45, 7) is 3.00. The Hall–Kier alpha value is -1.81. The molecule has 0 spiro atoms. The van der Waals surface area contributed by atoms with Crippen LogP contribution in [0.5, 0.6) is 0 Å². The van der Waals surface area contributed by atoms with Crippen molar-refractivity contribution in [2.75, 3.05) is 4.90 Å². The van der Waals surface area contributed by atoms with E-state index in [0.29, 0.717) is 6.04 Å². The van der Waals surface area contributed by atoms with E-state index in [1.165, 1.54) is 23.4 Å². The molecule has 0 amide bonds. The first-order valence-corrected chi connectivity index (χ1v) is 7.77. The Balaban J connectivity index is 1.88. The lowest BCUT2D eigenvalue weighted by atomic mass is 10.1. The van der Waals surface area contributed by atoms with E-state index >= 15 is 0 Å². The fraction of sp³-hybridized carbons (Fsp3) is 0.312. The fourth-order valence-corrected chi connectivity index (χ4v) is 3.22. The van der Waals surface area contributed by atoms with Crippen molar-refractivity contribution in [2.45, 2.75) is 32.4 Å². The van der Waals surface area contributed by atoms with Gasteiger partial charge in [0.05, 0.1) is 6.54 Å². The number of nitrogens with two attached hydrogens (primary N) is 1. The van der Waals surface area contributed by atoms with E-state index in [1.54, 1.807) is 0 Å². The van der Waals surface area contributed by atoms with Crippen LogP contribution in [0.1, 0.15) is 28.8 Å². The lowest BCUT2D eigenvalue weighted by Crippen LogP contribution is -2.25. The van der Waals surface area contributed by atoms with Crippen LogP contribution in [-0.4, -0.2) is 11.9 Å². The summed E-state index contributed by atoms with van der Waals surface area (Å²) in [7, 11) is 0. The second kappa shape index (κ2) is 5.29. The molecular formula is C16H19N3S. The summed E-state index contributed by atoms with van der Waals surface area (Å²) < 4.78 is 0. The summed E-state index contributed by atoms with van der Waals surface area (Å²) in [5.74, 6) is 0.144. The maximum Gasteiger partial charge on any atom is 0.123 e. The van der Waals surface area contributed by atoms with E-state index in [1.807, 2.05) is 24.3 Å². The molecule has 2 aromatic rings. The molecule has 1 saturated carbocycles. The Kier molecular flexibility index (Phi) is 3.49. The lowest BCUT2D eigenvalue weighted by molar-refractivity contribution is 0.803. The Morgan fingerprint density at radius 1 is 1.40 bits per heavy atom. The minimum Gasteiger partial charge on any atom is -0.384 e. The molecule has 0 aliphatic heterocycles. The first-order valence-electron chi connectivity index (χ1n) is 6.89. The molecule has 1 heterocycles. The number of thiophene rings is 1. The topological polar surface area (TPSA) is 53.1 Å². The van der Waals surface area contributed by atoms with Crippen LogP contribution in [0.2, 0.25) is 0 Å². The Bertz CT molecular complexity index is 615. The summed E-state index contributed by atoms with van der Waals surface area (Å²) in [5, 5.41) is 9.70. The van der Waals surface area contributed by atoms with Crippen LogP contribution in [0.4, 0.5) is 5.69 Å². The third-order valence-electron chi connectivity index (χ3n) is 3.73. The van der Waals surface area contributed by atoms with Gasteiger partial charge in [0.25, 0.3) is 0 Å². The zero-order valence-corrected chi connectivity index (χ0v) is 12.4. The molecule has 104 valence electrons. The molecule has 4 heteroatoms. The molecule has 1 fully saturated rings. The van der Waals surface area contributed by atoms with E-state index in [-0.39, 0.29) is 5.84 Å². The molecule has 0 atom stereocenters. The van der Waals surface area contributed by atoms with E-state index < -0.39 is 0 Å². The second-order valence-corrected chi connectivity index (χ2v) is 6.38. The van der Waals surface area contributed by atoms with Crippen molar-refractivity contribution in [1.29, 1.82) is 5.41 Å². The molecule has 20 heavy (non-hydrogen) atoms. The standard InChI is InChI=1S/C16H19N3S/c1-11-9-13(6-7-15(11)16(17)18)19(12-4-5-12)10-14-3-2-8-20-14/h2-3,6-9,12H,4-5,10H2,1H3,(H3,17,18). The van der Waals surface area contributed by atoms with Crippen molar-refractivity contribution >= 4 is 22.9 Å². The molecule has 1 aromatic heterocycles. The highest BCUT2D eigenvalue weighted by Gasteiger charge is 2.29. The highest BCUT2D eigenvalue weighted by Crippen LogP contribution is 2.34. The SMILES string of the molecule is Cc1cc(N(Cc2cccs2)C2CC2)ccc1C(=N)N. The normalized spacial score (nSPS) is 14.2. The Labute approximate surface area is 123 Å². The van der Waals surface area contributed by atoms with Gasteiger partial charge in [0, 0.05) is 22.2 Å². The molecule has 1 aliphatic carbocycles. The number of amidine groups is 1. The molecule has 0 saturated heterocycles. The van der Waals surface area contributed by atoms with Crippen molar-refractivity contribution in [1.82, 2.24) is 0 Å². The summed E-state index contributed by atoms with van der Waals surface area (Å²) in [6.07, 6.45) is 2.55. The van der Waals surface area contributed by atoms with Gasteiger partial charge in [0.15, 0.2) is 0 Å². The summed E-state index contributed by atoms with van der Waals surface area (Å²) in [6, 6.07) is 11.2. The first-order chi connectivity index (χ1) is 9.65. The maximum atomic E-state index is 7.58. The number of hydrogen-bond donors (Lipinski definition) is 2. The van der Waals surface area contributed by atoms with Gasteiger partial charge < -0.3 is 10.6 Å². The molecule has 1 aliphatic rings. The molecule has 3 nitrogen and oxygen atoms in total. The minimum absolute atomic E-state index is 0.144. The number of nitrogens with one attached hydrogen (secondary N) is 1. The quantitative estimate of drug-likeness (QED) is 0.652. The average Bonchev–Trinajstić information content (AvgIpc) is 3.12. The summed E-state index contributed by atoms with van der Waals surface area (Å²) in [4.78, 5) is 3.87. The number of nitrogens with zero attached hydrogens (tertiary/aromatic N) is 1. The molecule has 3 rings (SSSR count). The van der Waals surface area contributed by atoms with Gasteiger partial charge in [-0.05, 0) is 55.0 Å². The van der Waals surface area contributed by atoms with Crippen LogP contribution in [0, 0.1) is 12.3 Å². The van der Waals surface area contributed by atoms with Gasteiger partial charge in [-0.3, -0.25) is 5.41 Å². The molecule has 1 aromatic carbocycles. The van der Waals surface area contributed by atoms with Gasteiger partial charge in [-0.2, -0.15) is 0 Å². The average molecular weight is 285 g/mol. The Morgan fingerprint density at radius 2 is 2.20 bits per heavy atom. The molecular weight excluding hydrogens is 266 g/mol. The Morgan fingerprint density at radius 3 is 2.75 bits per heavy atom. The number of benzene rings is 1. The van der Waals surface area contributed by atoms with Crippen LogP contribution in [0.25, 0.3) is 0 Å². The number of rotatable bonds is 5. The van der Waals surface area contributed by atoms with Crippen LogP contribution in [-0.2, 0) is 6.54 Å². The highest BCUT2D eigenvalue weighted by molar-refractivity contribution is 7.09. The van der Waals surface area contributed by atoms with E-state index in [0.717, 1.165) is 17.7 Å². The fourth-order valence-electron chi connectivity index (χ4n) is 2.52. The monoisotopic (exact) mass is 285 g/mol. The van der Waals surface area contributed by atoms with Crippen molar-refractivity contribution in [3.05, 3.63) is 51.7 Å². The van der Waals surface area contributed by atoms with Gasteiger partial charge in [0.1, 0.15) is 5.84 Å². The van der Waals surface area contributed by atoms with Gasteiger partial charge in [-0.15, -0.1) is 11.3 Å². The van der Waals surface area contributed by atoms with Crippen LogP contribution >= 0.6 is 11.3 Å². The number of anilines is 1. The van der Waals surface area contributed by atoms with Crippen molar-refractivity contribution in [3.63, 3.8) is 0 Å². The minimum atomic E-state index is 0.144. The first kappa shape index (κ1) is 13.2. The zero-order valence-electron chi connectivity index (χ0n) is 11.6. The molecule has 0 radical (unpaired) electrons. The van der Waals surface area contributed by atoms with Crippen LogP contribution in [0.3, 0.4) is 0 Å². The van der Waals surface area contributed by atoms with Gasteiger partial charge in [0.2, 0.25) is 0 Å². The van der Waals surface area contributed by atoms with Crippen LogP contribution < -0.4 is 10.6 Å². The molecule has 3 N–H and O–H groups in total.